The van der Waals surface area contributed by atoms with E-state index >= 15 is 0 Å². The third kappa shape index (κ3) is 2.67. The van der Waals surface area contributed by atoms with Crippen LogP contribution in [-0.2, 0) is 14.3 Å². The highest BCUT2D eigenvalue weighted by molar-refractivity contribution is 5.89. The smallest absolute Gasteiger partial charge is 0.338 e. The van der Waals surface area contributed by atoms with E-state index in [-0.39, 0.29) is 23.9 Å². The molecule has 20 heavy (non-hydrogen) atoms. The van der Waals surface area contributed by atoms with Crippen LogP contribution in [0.3, 0.4) is 0 Å². The van der Waals surface area contributed by atoms with Crippen LogP contribution in [0.25, 0.3) is 0 Å². The van der Waals surface area contributed by atoms with E-state index in [4.69, 9.17) is 9.47 Å². The van der Waals surface area contributed by atoms with Gasteiger partial charge in [0.25, 0.3) is 0 Å². The lowest BCUT2D eigenvalue weighted by Gasteiger charge is -2.22. The Morgan fingerprint density at radius 2 is 2.05 bits per heavy atom. The van der Waals surface area contributed by atoms with Crippen molar-refractivity contribution in [2.24, 2.45) is 5.92 Å². The van der Waals surface area contributed by atoms with Gasteiger partial charge in [-0.2, -0.15) is 0 Å². The molecule has 1 aromatic carbocycles. The summed E-state index contributed by atoms with van der Waals surface area (Å²) >= 11 is 0. The molecule has 1 aliphatic heterocycles. The number of hydrogen-bond donors (Lipinski definition) is 1. The molecule has 0 spiro atoms. The molecule has 1 saturated carbocycles. The Morgan fingerprint density at radius 3 is 2.60 bits per heavy atom. The number of carbonyl (C=O) groups is 2. The molecule has 0 amide bonds. The highest BCUT2D eigenvalue weighted by Crippen LogP contribution is 2.37. The fourth-order valence-electron chi connectivity index (χ4n) is 2.33. The number of rotatable bonds is 4. The van der Waals surface area contributed by atoms with Crippen LogP contribution in [-0.4, -0.2) is 30.3 Å². The number of nitrogens with one attached hydrogen (secondary N) is 1. The molecule has 3 atom stereocenters. The summed E-state index contributed by atoms with van der Waals surface area (Å²) in [6.45, 7) is 1.74. The third-order valence-corrected chi connectivity index (χ3v) is 3.65. The molecular formula is C15H17NO4. The van der Waals surface area contributed by atoms with E-state index in [2.05, 4.69) is 5.32 Å². The lowest BCUT2D eigenvalue weighted by Crippen LogP contribution is -2.42. The Hall–Kier alpha value is -1.88. The monoisotopic (exact) mass is 275 g/mol. The number of hydrogen-bond acceptors (Lipinski definition) is 5. The summed E-state index contributed by atoms with van der Waals surface area (Å²) in [5, 5.41) is 3.03. The lowest BCUT2D eigenvalue weighted by atomic mass is 10.2. The van der Waals surface area contributed by atoms with Crippen LogP contribution in [0.5, 0.6) is 0 Å². The van der Waals surface area contributed by atoms with Gasteiger partial charge < -0.3 is 9.47 Å². The van der Waals surface area contributed by atoms with Crippen LogP contribution >= 0.6 is 0 Å². The van der Waals surface area contributed by atoms with Gasteiger partial charge in [-0.25, -0.2) is 4.79 Å². The summed E-state index contributed by atoms with van der Waals surface area (Å²) in [4.78, 5) is 23.6. The van der Waals surface area contributed by atoms with Crippen LogP contribution in [0.1, 0.15) is 30.1 Å². The lowest BCUT2D eigenvalue weighted by molar-refractivity contribution is -0.147. The van der Waals surface area contributed by atoms with E-state index in [0.29, 0.717) is 5.56 Å². The first kappa shape index (κ1) is 13.1. The second kappa shape index (κ2) is 5.25. The number of carbonyl (C=O) groups excluding carboxylic acids is 2. The molecule has 5 heteroatoms. The molecular weight excluding hydrogens is 258 g/mol. The topological polar surface area (TPSA) is 64.6 Å². The van der Waals surface area contributed by atoms with Crippen LogP contribution in [0, 0.1) is 5.92 Å². The fraction of sp³-hybridized carbons (Fsp3) is 0.467. The quantitative estimate of drug-likeness (QED) is 0.843. The number of cyclic esters (lactones) is 1. The maximum atomic E-state index is 12.1. The van der Waals surface area contributed by atoms with E-state index < -0.39 is 12.3 Å². The van der Waals surface area contributed by atoms with Gasteiger partial charge in [0.15, 0.2) is 12.3 Å². The second-order valence-electron chi connectivity index (χ2n) is 5.32. The summed E-state index contributed by atoms with van der Waals surface area (Å²) < 4.78 is 10.8. The molecule has 106 valence electrons. The Bertz CT molecular complexity index is 512. The van der Waals surface area contributed by atoms with Gasteiger partial charge in [0.05, 0.1) is 5.56 Å². The summed E-state index contributed by atoms with van der Waals surface area (Å²) in [5.41, 5.74) is 0.510. The third-order valence-electron chi connectivity index (χ3n) is 3.65. The Labute approximate surface area is 117 Å². The van der Waals surface area contributed by atoms with E-state index in [1.165, 1.54) is 0 Å². The number of esters is 2. The zero-order chi connectivity index (χ0) is 14.1. The summed E-state index contributed by atoms with van der Waals surface area (Å²) in [6.07, 6.45) is 1.06. The summed E-state index contributed by atoms with van der Waals surface area (Å²) in [5.74, 6) is -0.394. The zero-order valence-corrected chi connectivity index (χ0v) is 11.2. The Kier molecular flexibility index (Phi) is 3.44. The molecule has 1 saturated heterocycles. The molecule has 1 aliphatic carbocycles. The van der Waals surface area contributed by atoms with Crippen molar-refractivity contribution >= 4 is 11.9 Å². The Balaban J connectivity index is 1.69. The maximum Gasteiger partial charge on any atom is 0.338 e. The zero-order valence-electron chi connectivity index (χ0n) is 11.2. The van der Waals surface area contributed by atoms with Crippen molar-refractivity contribution in [3.05, 3.63) is 35.9 Å². The SMILES string of the molecule is C[C@@H]1N[C@H](C(OC(=O)c2ccccc2)C2CC2)OC1=O. The molecule has 0 bridgehead atoms. The first-order valence-corrected chi connectivity index (χ1v) is 6.88. The minimum absolute atomic E-state index is 0.276. The van der Waals surface area contributed by atoms with Gasteiger partial charge in [-0.05, 0) is 31.9 Å². The van der Waals surface area contributed by atoms with Crippen LogP contribution in [0.2, 0.25) is 0 Å². The first-order valence-electron chi connectivity index (χ1n) is 6.88. The fourth-order valence-corrected chi connectivity index (χ4v) is 2.33. The van der Waals surface area contributed by atoms with Gasteiger partial charge in [0, 0.05) is 5.92 Å². The largest absolute Gasteiger partial charge is 0.453 e. The van der Waals surface area contributed by atoms with Crippen molar-refractivity contribution in [3.63, 3.8) is 0 Å². The van der Waals surface area contributed by atoms with Crippen molar-refractivity contribution < 1.29 is 19.1 Å². The van der Waals surface area contributed by atoms with Gasteiger partial charge in [-0.15, -0.1) is 0 Å². The van der Waals surface area contributed by atoms with Crippen molar-refractivity contribution in [2.75, 3.05) is 0 Å². The standard InChI is InChI=1S/C15H17NO4/c1-9-14(17)20-13(16-9)12(10-7-8-10)19-15(18)11-5-3-2-4-6-11/h2-6,9-10,12-13,16H,7-8H2,1H3/t9-,12?,13-/m0/s1. The Morgan fingerprint density at radius 1 is 1.35 bits per heavy atom. The second-order valence-corrected chi connectivity index (χ2v) is 5.32. The summed E-state index contributed by atoms with van der Waals surface area (Å²) in [7, 11) is 0. The molecule has 0 radical (unpaired) electrons. The van der Waals surface area contributed by atoms with Gasteiger partial charge >= 0.3 is 11.9 Å². The first-order chi connectivity index (χ1) is 9.65. The van der Waals surface area contributed by atoms with Crippen LogP contribution in [0.15, 0.2) is 30.3 Å². The molecule has 1 N–H and O–H groups in total. The average Bonchev–Trinajstić information content (AvgIpc) is 3.24. The van der Waals surface area contributed by atoms with Crippen molar-refractivity contribution in [3.8, 4) is 0 Å². The highest BCUT2D eigenvalue weighted by Gasteiger charge is 2.45. The predicted molar refractivity (Wildman–Crippen MR) is 70.8 cm³/mol. The van der Waals surface area contributed by atoms with Crippen LogP contribution in [0.4, 0.5) is 0 Å². The molecule has 1 heterocycles. The predicted octanol–water partition coefficient (Wildman–Crippen LogP) is 1.48. The van der Waals surface area contributed by atoms with Gasteiger partial charge in [-0.3, -0.25) is 10.1 Å². The van der Waals surface area contributed by atoms with E-state index in [9.17, 15) is 9.59 Å². The van der Waals surface area contributed by atoms with Crippen molar-refractivity contribution in [2.45, 2.75) is 38.1 Å². The van der Waals surface area contributed by atoms with Crippen molar-refractivity contribution in [1.29, 1.82) is 0 Å². The van der Waals surface area contributed by atoms with E-state index in [1.807, 2.05) is 6.07 Å². The van der Waals surface area contributed by atoms with Gasteiger partial charge in [-0.1, -0.05) is 18.2 Å². The normalized spacial score (nSPS) is 26.9. The van der Waals surface area contributed by atoms with E-state index in [1.54, 1.807) is 31.2 Å². The molecule has 2 aliphatic rings. The highest BCUT2D eigenvalue weighted by atomic mass is 16.6. The van der Waals surface area contributed by atoms with E-state index in [0.717, 1.165) is 12.8 Å². The summed E-state index contributed by atoms with van der Waals surface area (Å²) in [6, 6.07) is 8.50. The maximum absolute atomic E-state index is 12.1. The minimum Gasteiger partial charge on any atom is -0.453 e. The van der Waals surface area contributed by atoms with Gasteiger partial charge in [0.2, 0.25) is 0 Å². The van der Waals surface area contributed by atoms with Gasteiger partial charge in [0.1, 0.15) is 6.04 Å². The number of benzene rings is 1. The minimum atomic E-state index is -0.530. The van der Waals surface area contributed by atoms with Crippen molar-refractivity contribution in [1.82, 2.24) is 5.32 Å². The molecule has 1 aromatic rings. The van der Waals surface area contributed by atoms with Crippen LogP contribution < -0.4 is 5.32 Å². The molecule has 1 unspecified atom stereocenters. The molecule has 3 rings (SSSR count). The average molecular weight is 275 g/mol. The molecule has 2 fully saturated rings. The number of ether oxygens (including phenoxy) is 2. The molecule has 5 nitrogen and oxygen atoms in total. The molecule has 0 aromatic heterocycles.